The molecule has 0 heterocycles. The SMILES string of the molecule is O=C(CC1CCCC1)Nc1c(Br)cccc1C(=O)O. The zero-order valence-electron chi connectivity index (χ0n) is 10.5. The largest absolute Gasteiger partial charge is 0.478 e. The van der Waals surface area contributed by atoms with Crippen LogP contribution in [0.25, 0.3) is 0 Å². The number of halogens is 1. The Balaban J connectivity index is 2.09. The van der Waals surface area contributed by atoms with Crippen molar-refractivity contribution in [3.8, 4) is 0 Å². The minimum absolute atomic E-state index is 0.106. The van der Waals surface area contributed by atoms with E-state index in [1.165, 1.54) is 18.9 Å². The molecule has 19 heavy (non-hydrogen) atoms. The molecule has 0 atom stereocenters. The highest BCUT2D eigenvalue weighted by Gasteiger charge is 2.20. The number of carboxylic acids is 1. The van der Waals surface area contributed by atoms with Gasteiger partial charge in [-0.25, -0.2) is 4.79 Å². The number of para-hydroxylation sites is 1. The summed E-state index contributed by atoms with van der Waals surface area (Å²) in [6.45, 7) is 0. The maximum absolute atomic E-state index is 12.0. The summed E-state index contributed by atoms with van der Waals surface area (Å²) in [4.78, 5) is 23.1. The molecule has 0 bridgehead atoms. The predicted molar refractivity (Wildman–Crippen MR) is 76.3 cm³/mol. The summed E-state index contributed by atoms with van der Waals surface area (Å²) < 4.78 is 0.590. The molecule has 2 N–H and O–H groups in total. The van der Waals surface area contributed by atoms with Gasteiger partial charge in [-0.3, -0.25) is 4.79 Å². The van der Waals surface area contributed by atoms with Gasteiger partial charge >= 0.3 is 5.97 Å². The van der Waals surface area contributed by atoms with Gasteiger partial charge in [0.05, 0.1) is 11.3 Å². The van der Waals surface area contributed by atoms with E-state index in [0.717, 1.165) is 12.8 Å². The second-order valence-corrected chi connectivity index (χ2v) is 5.72. The molecule has 1 amide bonds. The Morgan fingerprint density at radius 3 is 2.63 bits per heavy atom. The molecule has 4 nitrogen and oxygen atoms in total. The lowest BCUT2D eigenvalue weighted by molar-refractivity contribution is -0.117. The molecule has 0 radical (unpaired) electrons. The van der Waals surface area contributed by atoms with Crippen LogP contribution in [0.2, 0.25) is 0 Å². The Kier molecular flexibility index (Phi) is 4.58. The normalized spacial score (nSPS) is 15.4. The van der Waals surface area contributed by atoms with Gasteiger partial charge in [-0.15, -0.1) is 0 Å². The van der Waals surface area contributed by atoms with E-state index in [1.54, 1.807) is 12.1 Å². The lowest BCUT2D eigenvalue weighted by atomic mass is 10.0. The minimum Gasteiger partial charge on any atom is -0.478 e. The number of carbonyl (C=O) groups is 2. The molecule has 1 aliphatic carbocycles. The molecule has 0 spiro atoms. The van der Waals surface area contributed by atoms with Gasteiger partial charge in [-0.05, 0) is 46.8 Å². The Morgan fingerprint density at radius 1 is 1.32 bits per heavy atom. The van der Waals surface area contributed by atoms with Crippen LogP contribution in [0.3, 0.4) is 0 Å². The van der Waals surface area contributed by atoms with Crippen molar-refractivity contribution in [3.63, 3.8) is 0 Å². The number of carboxylic acid groups (broad SMARTS) is 1. The molecule has 1 aliphatic rings. The van der Waals surface area contributed by atoms with Gasteiger partial charge in [-0.2, -0.15) is 0 Å². The van der Waals surface area contributed by atoms with E-state index in [1.807, 2.05) is 0 Å². The van der Waals surface area contributed by atoms with Crippen molar-refractivity contribution in [1.82, 2.24) is 0 Å². The van der Waals surface area contributed by atoms with Gasteiger partial charge in [0.1, 0.15) is 0 Å². The average Bonchev–Trinajstić information content (AvgIpc) is 2.84. The monoisotopic (exact) mass is 325 g/mol. The van der Waals surface area contributed by atoms with Crippen molar-refractivity contribution in [2.24, 2.45) is 5.92 Å². The number of hydrogen-bond donors (Lipinski definition) is 2. The fourth-order valence-electron chi connectivity index (χ4n) is 2.50. The van der Waals surface area contributed by atoms with E-state index < -0.39 is 5.97 Å². The van der Waals surface area contributed by atoms with Gasteiger partial charge < -0.3 is 10.4 Å². The molecule has 0 unspecified atom stereocenters. The first kappa shape index (κ1) is 14.1. The molecule has 0 aliphatic heterocycles. The summed E-state index contributed by atoms with van der Waals surface area (Å²) in [5, 5.41) is 11.8. The van der Waals surface area contributed by atoms with E-state index in [4.69, 9.17) is 5.11 Å². The van der Waals surface area contributed by atoms with Crippen molar-refractivity contribution in [3.05, 3.63) is 28.2 Å². The molecular weight excluding hydrogens is 310 g/mol. The van der Waals surface area contributed by atoms with Crippen molar-refractivity contribution in [2.45, 2.75) is 32.1 Å². The van der Waals surface area contributed by atoms with Crippen molar-refractivity contribution < 1.29 is 14.7 Å². The van der Waals surface area contributed by atoms with Crippen LogP contribution < -0.4 is 5.32 Å². The molecule has 0 saturated heterocycles. The third-order valence-corrected chi connectivity index (χ3v) is 4.12. The van der Waals surface area contributed by atoms with E-state index in [2.05, 4.69) is 21.2 Å². The topological polar surface area (TPSA) is 66.4 Å². The molecule has 0 aromatic heterocycles. The fourth-order valence-corrected chi connectivity index (χ4v) is 2.96. The van der Waals surface area contributed by atoms with E-state index in [0.29, 0.717) is 22.5 Å². The van der Waals surface area contributed by atoms with Crippen LogP contribution in [0, 0.1) is 5.92 Å². The number of aromatic carboxylic acids is 1. The zero-order valence-corrected chi connectivity index (χ0v) is 12.1. The lowest BCUT2D eigenvalue weighted by Crippen LogP contribution is -2.17. The highest BCUT2D eigenvalue weighted by molar-refractivity contribution is 9.10. The molecule has 1 aromatic rings. The Hall–Kier alpha value is -1.36. The summed E-state index contributed by atoms with van der Waals surface area (Å²) in [6.07, 6.45) is 5.03. The number of benzene rings is 1. The molecule has 1 aromatic carbocycles. The summed E-state index contributed by atoms with van der Waals surface area (Å²) in [5.74, 6) is -0.713. The second kappa shape index (κ2) is 6.19. The number of amides is 1. The maximum atomic E-state index is 12.0. The third kappa shape index (κ3) is 3.56. The second-order valence-electron chi connectivity index (χ2n) is 4.87. The van der Waals surface area contributed by atoms with E-state index in [9.17, 15) is 9.59 Å². The quantitative estimate of drug-likeness (QED) is 0.887. The van der Waals surface area contributed by atoms with Crippen LogP contribution in [-0.4, -0.2) is 17.0 Å². The first-order valence-electron chi connectivity index (χ1n) is 6.39. The van der Waals surface area contributed by atoms with Crippen LogP contribution in [0.1, 0.15) is 42.5 Å². The van der Waals surface area contributed by atoms with Crippen LogP contribution in [0.4, 0.5) is 5.69 Å². The van der Waals surface area contributed by atoms with Crippen molar-refractivity contribution in [1.29, 1.82) is 0 Å². The average molecular weight is 326 g/mol. The molecule has 5 heteroatoms. The number of anilines is 1. The lowest BCUT2D eigenvalue weighted by Gasteiger charge is -2.12. The number of rotatable bonds is 4. The van der Waals surface area contributed by atoms with E-state index in [-0.39, 0.29) is 11.5 Å². The number of nitrogens with one attached hydrogen (secondary N) is 1. The van der Waals surface area contributed by atoms with E-state index >= 15 is 0 Å². The van der Waals surface area contributed by atoms with Gasteiger partial charge in [0.25, 0.3) is 0 Å². The highest BCUT2D eigenvalue weighted by Crippen LogP contribution is 2.30. The summed E-state index contributed by atoms with van der Waals surface area (Å²) in [5.41, 5.74) is 0.451. The number of carbonyl (C=O) groups excluding carboxylic acids is 1. The highest BCUT2D eigenvalue weighted by atomic mass is 79.9. The fraction of sp³-hybridized carbons (Fsp3) is 0.429. The molecule has 1 saturated carbocycles. The standard InChI is InChI=1S/C14H16BrNO3/c15-11-7-3-6-10(14(18)19)13(11)16-12(17)8-9-4-1-2-5-9/h3,6-7,9H,1-2,4-5,8H2,(H,16,17)(H,18,19). The summed E-state index contributed by atoms with van der Waals surface area (Å²) >= 11 is 3.28. The summed E-state index contributed by atoms with van der Waals surface area (Å²) in [7, 11) is 0. The van der Waals surface area contributed by atoms with Crippen LogP contribution in [0.15, 0.2) is 22.7 Å². The predicted octanol–water partition coefficient (Wildman–Crippen LogP) is 3.67. The van der Waals surface area contributed by atoms with Crippen LogP contribution >= 0.6 is 15.9 Å². The van der Waals surface area contributed by atoms with Crippen molar-refractivity contribution >= 4 is 33.5 Å². The smallest absolute Gasteiger partial charge is 0.337 e. The third-order valence-electron chi connectivity index (χ3n) is 3.46. The first-order chi connectivity index (χ1) is 9.08. The van der Waals surface area contributed by atoms with Crippen LogP contribution in [0.5, 0.6) is 0 Å². The maximum Gasteiger partial charge on any atom is 0.337 e. The minimum atomic E-state index is -1.04. The Bertz CT molecular complexity index is 495. The first-order valence-corrected chi connectivity index (χ1v) is 7.19. The van der Waals surface area contributed by atoms with Gasteiger partial charge in [0.15, 0.2) is 0 Å². The van der Waals surface area contributed by atoms with Crippen molar-refractivity contribution in [2.75, 3.05) is 5.32 Å². The molecule has 102 valence electrons. The summed E-state index contributed by atoms with van der Waals surface area (Å²) in [6, 6.07) is 4.84. The molecular formula is C14H16BrNO3. The van der Waals surface area contributed by atoms with Gasteiger partial charge in [-0.1, -0.05) is 18.9 Å². The van der Waals surface area contributed by atoms with Gasteiger partial charge in [0, 0.05) is 10.9 Å². The molecule has 1 fully saturated rings. The Morgan fingerprint density at radius 2 is 2.00 bits per heavy atom. The number of hydrogen-bond acceptors (Lipinski definition) is 2. The van der Waals surface area contributed by atoms with Crippen LogP contribution in [-0.2, 0) is 4.79 Å². The van der Waals surface area contributed by atoms with Gasteiger partial charge in [0.2, 0.25) is 5.91 Å². The molecule has 2 rings (SSSR count). The Labute approximate surface area is 120 Å². The zero-order chi connectivity index (χ0) is 13.8.